The van der Waals surface area contributed by atoms with Gasteiger partial charge < -0.3 is 19.6 Å². The first-order chi connectivity index (χ1) is 12.3. The average molecular weight is 359 g/mol. The van der Waals surface area contributed by atoms with E-state index < -0.39 is 5.92 Å². The van der Waals surface area contributed by atoms with Gasteiger partial charge in [-0.25, -0.2) is 0 Å². The number of carbonyl (C=O) groups is 2. The van der Waals surface area contributed by atoms with E-state index in [0.29, 0.717) is 6.42 Å². The van der Waals surface area contributed by atoms with Crippen LogP contribution in [0.5, 0.6) is 5.75 Å². The first kappa shape index (κ1) is 19.6. The number of benzene rings is 1. The van der Waals surface area contributed by atoms with Gasteiger partial charge in [0.05, 0.1) is 18.9 Å². The summed E-state index contributed by atoms with van der Waals surface area (Å²) in [5, 5.41) is 12.2. The molecule has 2 unspecified atom stereocenters. The Hall–Kier alpha value is -2.76. The molecule has 0 radical (unpaired) electrons. The van der Waals surface area contributed by atoms with Crippen molar-refractivity contribution in [2.24, 2.45) is 5.92 Å². The zero-order chi connectivity index (χ0) is 19.3. The van der Waals surface area contributed by atoms with Crippen LogP contribution in [-0.4, -0.2) is 30.6 Å². The lowest BCUT2D eigenvalue weighted by atomic mass is 9.97. The molecule has 0 saturated carbocycles. The van der Waals surface area contributed by atoms with E-state index in [-0.39, 0.29) is 30.1 Å². The van der Waals surface area contributed by atoms with E-state index in [4.69, 9.17) is 9.15 Å². The van der Waals surface area contributed by atoms with Crippen LogP contribution in [0.15, 0.2) is 34.7 Å². The predicted octanol–water partition coefficient (Wildman–Crippen LogP) is 2.85. The van der Waals surface area contributed by atoms with Crippen LogP contribution in [0.3, 0.4) is 0 Å². The number of amides is 1. The van der Waals surface area contributed by atoms with Gasteiger partial charge in [0.15, 0.2) is 0 Å². The Bertz CT molecular complexity index is 763. The molecule has 1 aromatic heterocycles. The van der Waals surface area contributed by atoms with Crippen molar-refractivity contribution in [1.82, 2.24) is 5.32 Å². The first-order valence-corrected chi connectivity index (χ1v) is 8.52. The maximum absolute atomic E-state index is 12.5. The SMILES string of the molecule is COC(=O)C(CNC(=O)C(C)c1cc(C)oc1C)Cc1ccc(O)cc1. The van der Waals surface area contributed by atoms with Gasteiger partial charge >= 0.3 is 5.97 Å². The van der Waals surface area contributed by atoms with Gasteiger partial charge in [0.25, 0.3) is 0 Å². The zero-order valence-corrected chi connectivity index (χ0v) is 15.5. The van der Waals surface area contributed by atoms with Gasteiger partial charge in [0, 0.05) is 12.1 Å². The maximum Gasteiger partial charge on any atom is 0.310 e. The molecule has 1 heterocycles. The van der Waals surface area contributed by atoms with Gasteiger partial charge in [-0.1, -0.05) is 12.1 Å². The highest BCUT2D eigenvalue weighted by Crippen LogP contribution is 2.23. The van der Waals surface area contributed by atoms with Crippen molar-refractivity contribution in [3.05, 3.63) is 53.0 Å². The van der Waals surface area contributed by atoms with Crippen molar-refractivity contribution in [1.29, 1.82) is 0 Å². The number of carbonyl (C=O) groups excluding carboxylic acids is 2. The van der Waals surface area contributed by atoms with Crippen molar-refractivity contribution >= 4 is 11.9 Å². The molecule has 0 aliphatic heterocycles. The number of rotatable bonds is 7. The van der Waals surface area contributed by atoms with Gasteiger partial charge in [0.1, 0.15) is 17.3 Å². The fraction of sp³-hybridized carbons (Fsp3) is 0.400. The van der Waals surface area contributed by atoms with E-state index in [1.807, 2.05) is 19.9 Å². The second kappa shape index (κ2) is 8.56. The van der Waals surface area contributed by atoms with Crippen LogP contribution in [0.1, 0.15) is 35.5 Å². The molecular weight excluding hydrogens is 334 g/mol. The van der Waals surface area contributed by atoms with Crippen LogP contribution in [0.4, 0.5) is 0 Å². The van der Waals surface area contributed by atoms with E-state index >= 15 is 0 Å². The fourth-order valence-electron chi connectivity index (χ4n) is 2.92. The van der Waals surface area contributed by atoms with Crippen LogP contribution >= 0.6 is 0 Å². The largest absolute Gasteiger partial charge is 0.508 e. The zero-order valence-electron chi connectivity index (χ0n) is 15.5. The van der Waals surface area contributed by atoms with Gasteiger partial charge in [0.2, 0.25) is 5.91 Å². The molecule has 1 amide bonds. The molecule has 1 aromatic carbocycles. The standard InChI is InChI=1S/C20H25NO5/c1-12-9-18(14(3)26-12)13(2)19(23)21-11-16(20(24)25-4)10-15-5-7-17(22)8-6-15/h5-9,13,16,22H,10-11H2,1-4H3,(H,21,23). The molecule has 2 N–H and O–H groups in total. The van der Waals surface area contributed by atoms with Crippen molar-refractivity contribution in [3.63, 3.8) is 0 Å². The number of furan rings is 1. The summed E-state index contributed by atoms with van der Waals surface area (Å²) in [5.74, 6) is 0.203. The second-order valence-electron chi connectivity index (χ2n) is 6.43. The third kappa shape index (κ3) is 4.88. The lowest BCUT2D eigenvalue weighted by Crippen LogP contribution is -2.36. The summed E-state index contributed by atoms with van der Waals surface area (Å²) in [6, 6.07) is 8.47. The van der Waals surface area contributed by atoms with E-state index in [9.17, 15) is 14.7 Å². The lowest BCUT2D eigenvalue weighted by Gasteiger charge is -2.17. The fourth-order valence-corrected chi connectivity index (χ4v) is 2.92. The highest BCUT2D eigenvalue weighted by atomic mass is 16.5. The number of esters is 1. The minimum absolute atomic E-state index is 0.163. The van der Waals surface area contributed by atoms with Crippen LogP contribution in [0.2, 0.25) is 0 Å². The van der Waals surface area contributed by atoms with E-state index in [2.05, 4.69) is 5.32 Å². The molecule has 140 valence electrons. The third-order valence-corrected chi connectivity index (χ3v) is 4.41. The van der Waals surface area contributed by atoms with Crippen molar-refractivity contribution < 1.29 is 23.8 Å². The van der Waals surface area contributed by atoms with Gasteiger partial charge in [-0.2, -0.15) is 0 Å². The molecule has 0 aliphatic carbocycles. The molecule has 2 atom stereocenters. The molecule has 26 heavy (non-hydrogen) atoms. The van der Waals surface area contributed by atoms with Crippen molar-refractivity contribution in [2.45, 2.75) is 33.1 Å². The summed E-state index contributed by atoms with van der Waals surface area (Å²) >= 11 is 0. The molecule has 0 bridgehead atoms. The number of methoxy groups -OCH3 is 1. The predicted molar refractivity (Wildman–Crippen MR) is 96.9 cm³/mol. The quantitative estimate of drug-likeness (QED) is 0.742. The van der Waals surface area contributed by atoms with Crippen LogP contribution in [-0.2, 0) is 20.7 Å². The van der Waals surface area contributed by atoms with Gasteiger partial charge in [-0.15, -0.1) is 0 Å². The lowest BCUT2D eigenvalue weighted by molar-refractivity contribution is -0.145. The summed E-state index contributed by atoms with van der Waals surface area (Å²) in [6.45, 7) is 5.65. The Morgan fingerprint density at radius 2 is 1.88 bits per heavy atom. The molecule has 6 heteroatoms. The molecule has 6 nitrogen and oxygen atoms in total. The molecular formula is C20H25NO5. The average Bonchev–Trinajstić information content (AvgIpc) is 2.96. The molecule has 0 fully saturated rings. The number of ether oxygens (including phenoxy) is 1. The van der Waals surface area contributed by atoms with E-state index in [0.717, 1.165) is 22.6 Å². The Kier molecular flexibility index (Phi) is 6.44. The van der Waals surface area contributed by atoms with Gasteiger partial charge in [-0.05, 0) is 51.0 Å². The van der Waals surface area contributed by atoms with Crippen LogP contribution < -0.4 is 5.32 Å². The highest BCUT2D eigenvalue weighted by molar-refractivity contribution is 5.84. The van der Waals surface area contributed by atoms with Crippen molar-refractivity contribution in [3.8, 4) is 5.75 Å². The Morgan fingerprint density at radius 1 is 1.23 bits per heavy atom. The number of phenolic OH excluding ortho intramolecular Hbond substituents is 1. The normalized spacial score (nSPS) is 13.1. The first-order valence-electron chi connectivity index (χ1n) is 8.52. The van der Waals surface area contributed by atoms with Gasteiger partial charge in [-0.3, -0.25) is 9.59 Å². The molecule has 0 spiro atoms. The minimum Gasteiger partial charge on any atom is -0.508 e. The monoisotopic (exact) mass is 359 g/mol. The molecule has 2 aromatic rings. The Morgan fingerprint density at radius 3 is 2.42 bits per heavy atom. The highest BCUT2D eigenvalue weighted by Gasteiger charge is 2.24. The number of hydrogen-bond donors (Lipinski definition) is 2. The van der Waals surface area contributed by atoms with Crippen LogP contribution in [0.25, 0.3) is 0 Å². The topological polar surface area (TPSA) is 88.8 Å². The smallest absolute Gasteiger partial charge is 0.310 e. The summed E-state index contributed by atoms with van der Waals surface area (Å²) in [7, 11) is 1.33. The van der Waals surface area contributed by atoms with E-state index in [1.54, 1.807) is 31.2 Å². The summed E-state index contributed by atoms with van der Waals surface area (Å²) in [5.41, 5.74) is 1.72. The number of nitrogens with one attached hydrogen (secondary N) is 1. The number of aryl methyl sites for hydroxylation is 2. The Labute approximate surface area is 153 Å². The maximum atomic E-state index is 12.5. The number of aromatic hydroxyl groups is 1. The Balaban J connectivity index is 2.01. The molecule has 0 saturated heterocycles. The summed E-state index contributed by atoms with van der Waals surface area (Å²) in [4.78, 5) is 24.5. The van der Waals surface area contributed by atoms with E-state index in [1.165, 1.54) is 7.11 Å². The second-order valence-corrected chi connectivity index (χ2v) is 6.43. The third-order valence-electron chi connectivity index (χ3n) is 4.41. The molecule has 2 rings (SSSR count). The molecule has 0 aliphatic rings. The number of phenols is 1. The minimum atomic E-state index is -0.507. The van der Waals surface area contributed by atoms with Crippen LogP contribution in [0, 0.1) is 19.8 Å². The summed E-state index contributed by atoms with van der Waals surface area (Å²) < 4.78 is 10.3. The van der Waals surface area contributed by atoms with Crippen molar-refractivity contribution in [2.75, 3.05) is 13.7 Å². The number of hydrogen-bond acceptors (Lipinski definition) is 5. The summed E-state index contributed by atoms with van der Waals surface area (Å²) in [6.07, 6.45) is 0.408.